The summed E-state index contributed by atoms with van der Waals surface area (Å²) >= 11 is 0. The number of methoxy groups -OCH3 is 1. The molecule has 1 aromatic heterocycles. The molecular formula is C10H7NO3. The van der Waals surface area contributed by atoms with E-state index in [4.69, 9.17) is 4.74 Å². The Morgan fingerprint density at radius 2 is 1.93 bits per heavy atom. The first-order valence-electron chi connectivity index (χ1n) is 4.04. The number of nitrogens with zero attached hydrogens (tertiary/aromatic N) is 1. The minimum absolute atomic E-state index is 0.164. The second-order valence-corrected chi connectivity index (χ2v) is 2.80. The molecule has 4 nitrogen and oxygen atoms in total. The summed E-state index contributed by atoms with van der Waals surface area (Å²) in [5, 5.41) is 0. The zero-order valence-corrected chi connectivity index (χ0v) is 7.48. The van der Waals surface area contributed by atoms with Crippen molar-refractivity contribution in [3.05, 3.63) is 35.7 Å². The van der Waals surface area contributed by atoms with Gasteiger partial charge in [0.05, 0.1) is 12.7 Å². The molecule has 70 valence electrons. The van der Waals surface area contributed by atoms with Crippen molar-refractivity contribution in [3.63, 3.8) is 0 Å². The summed E-state index contributed by atoms with van der Waals surface area (Å²) in [5.74, 6) is -0.124. The quantitative estimate of drug-likeness (QED) is 0.662. The summed E-state index contributed by atoms with van der Waals surface area (Å²) in [6.45, 7) is 0. The Labute approximate surface area is 80.2 Å². The normalized spacial score (nSPS) is 14.1. The Morgan fingerprint density at radius 1 is 1.21 bits per heavy atom. The highest BCUT2D eigenvalue weighted by Gasteiger charge is 2.23. The van der Waals surface area contributed by atoms with Gasteiger partial charge in [0.25, 0.3) is 0 Å². The van der Waals surface area contributed by atoms with Gasteiger partial charge in [-0.3, -0.25) is 14.6 Å². The minimum atomic E-state index is -0.265. The first-order valence-corrected chi connectivity index (χ1v) is 4.04. The number of aromatic nitrogens is 1. The first kappa shape index (κ1) is 8.62. The summed E-state index contributed by atoms with van der Waals surface area (Å²) in [6, 6.07) is 1.56. The zero-order valence-electron chi connectivity index (χ0n) is 7.48. The van der Waals surface area contributed by atoms with Gasteiger partial charge in [0.1, 0.15) is 11.4 Å². The van der Waals surface area contributed by atoms with Gasteiger partial charge in [-0.2, -0.15) is 0 Å². The van der Waals surface area contributed by atoms with Gasteiger partial charge in [-0.1, -0.05) is 0 Å². The van der Waals surface area contributed by atoms with Crippen LogP contribution < -0.4 is 4.74 Å². The summed E-state index contributed by atoms with van der Waals surface area (Å²) in [7, 11) is 1.45. The number of carbonyl (C=O) groups excluding carboxylic acids is 2. The Bertz CT molecular complexity index is 449. The number of carbonyl (C=O) groups is 2. The third-order valence-corrected chi connectivity index (χ3v) is 2.00. The van der Waals surface area contributed by atoms with Crippen molar-refractivity contribution in [2.24, 2.45) is 0 Å². The lowest BCUT2D eigenvalue weighted by molar-refractivity contribution is 0.0988. The number of fused-ring (bicyclic) bond motifs is 1. The molecule has 0 atom stereocenters. The summed E-state index contributed by atoms with van der Waals surface area (Å²) in [5.41, 5.74) is 0.416. The van der Waals surface area contributed by atoms with Crippen molar-refractivity contribution in [1.29, 1.82) is 0 Å². The molecule has 0 spiro atoms. The molecule has 1 aliphatic carbocycles. The Hall–Kier alpha value is -1.97. The van der Waals surface area contributed by atoms with Gasteiger partial charge in [0.2, 0.25) is 5.78 Å². The van der Waals surface area contributed by atoms with Crippen molar-refractivity contribution < 1.29 is 14.3 Å². The molecule has 4 heteroatoms. The van der Waals surface area contributed by atoms with Crippen molar-refractivity contribution in [2.75, 3.05) is 7.11 Å². The second kappa shape index (κ2) is 3.06. The first-order chi connectivity index (χ1) is 6.74. The number of ketones is 2. The predicted molar refractivity (Wildman–Crippen MR) is 48.6 cm³/mol. The van der Waals surface area contributed by atoms with Crippen LogP contribution in [-0.2, 0) is 0 Å². The molecule has 0 radical (unpaired) electrons. The van der Waals surface area contributed by atoms with Crippen LogP contribution in [0.1, 0.15) is 20.8 Å². The molecule has 0 N–H and O–H groups in total. The van der Waals surface area contributed by atoms with Crippen LogP contribution in [0.3, 0.4) is 0 Å². The van der Waals surface area contributed by atoms with Gasteiger partial charge in [0.15, 0.2) is 5.78 Å². The Balaban J connectivity index is 2.71. The number of hydrogen-bond donors (Lipinski definition) is 0. The van der Waals surface area contributed by atoms with Crippen LogP contribution in [0, 0.1) is 0 Å². The molecule has 0 saturated heterocycles. The van der Waals surface area contributed by atoms with Crippen molar-refractivity contribution in [2.45, 2.75) is 0 Å². The SMILES string of the molecule is COc1ccnc2c1C(=O)C=CC2=O. The van der Waals surface area contributed by atoms with Gasteiger partial charge in [-0.05, 0) is 18.2 Å². The molecule has 2 rings (SSSR count). The average molecular weight is 189 g/mol. The van der Waals surface area contributed by atoms with Crippen LogP contribution in [0.5, 0.6) is 5.75 Å². The van der Waals surface area contributed by atoms with Crippen molar-refractivity contribution in [3.8, 4) is 5.75 Å². The van der Waals surface area contributed by atoms with E-state index >= 15 is 0 Å². The molecule has 0 amide bonds. The highest BCUT2D eigenvalue weighted by atomic mass is 16.5. The number of allylic oxidation sites excluding steroid dienone is 2. The lowest BCUT2D eigenvalue weighted by atomic mass is 9.99. The maximum absolute atomic E-state index is 11.5. The van der Waals surface area contributed by atoms with E-state index in [9.17, 15) is 9.59 Å². The smallest absolute Gasteiger partial charge is 0.205 e. The molecule has 1 aliphatic rings. The fraction of sp³-hybridized carbons (Fsp3) is 0.100. The average Bonchev–Trinajstić information content (AvgIpc) is 2.23. The van der Waals surface area contributed by atoms with Crippen LogP contribution >= 0.6 is 0 Å². The summed E-state index contributed by atoms with van der Waals surface area (Å²) < 4.78 is 4.98. The maximum Gasteiger partial charge on any atom is 0.205 e. The van der Waals surface area contributed by atoms with E-state index in [-0.39, 0.29) is 22.8 Å². The van der Waals surface area contributed by atoms with E-state index in [2.05, 4.69) is 4.98 Å². The molecule has 0 fully saturated rings. The topological polar surface area (TPSA) is 56.3 Å². The Morgan fingerprint density at radius 3 is 2.64 bits per heavy atom. The molecule has 0 aromatic carbocycles. The van der Waals surface area contributed by atoms with Crippen LogP contribution in [0.4, 0.5) is 0 Å². The van der Waals surface area contributed by atoms with Gasteiger partial charge in [-0.25, -0.2) is 0 Å². The Kier molecular flexibility index (Phi) is 1.89. The largest absolute Gasteiger partial charge is 0.496 e. The van der Waals surface area contributed by atoms with Crippen LogP contribution in [0.25, 0.3) is 0 Å². The predicted octanol–water partition coefficient (Wildman–Crippen LogP) is 1.03. The van der Waals surface area contributed by atoms with Gasteiger partial charge >= 0.3 is 0 Å². The van der Waals surface area contributed by atoms with Crippen molar-refractivity contribution >= 4 is 11.6 Å². The van der Waals surface area contributed by atoms with Gasteiger partial charge in [-0.15, -0.1) is 0 Å². The number of hydrogen-bond acceptors (Lipinski definition) is 4. The fourth-order valence-electron chi connectivity index (χ4n) is 1.35. The maximum atomic E-state index is 11.5. The number of pyridine rings is 1. The number of rotatable bonds is 1. The van der Waals surface area contributed by atoms with E-state index in [1.165, 1.54) is 25.5 Å². The van der Waals surface area contributed by atoms with E-state index in [0.29, 0.717) is 5.75 Å². The van der Waals surface area contributed by atoms with Gasteiger partial charge in [0, 0.05) is 6.20 Å². The fourth-order valence-corrected chi connectivity index (χ4v) is 1.35. The molecule has 0 unspecified atom stereocenters. The molecular weight excluding hydrogens is 182 g/mol. The van der Waals surface area contributed by atoms with Gasteiger partial charge < -0.3 is 4.74 Å². The zero-order chi connectivity index (χ0) is 10.1. The van der Waals surface area contributed by atoms with E-state index in [1.807, 2.05) is 0 Å². The highest BCUT2D eigenvalue weighted by molar-refractivity contribution is 6.22. The summed E-state index contributed by atoms with van der Waals surface area (Å²) in [6.07, 6.45) is 3.90. The molecule has 0 bridgehead atoms. The van der Waals surface area contributed by atoms with Crippen LogP contribution in [0.15, 0.2) is 24.4 Å². The van der Waals surface area contributed by atoms with Crippen molar-refractivity contribution in [1.82, 2.24) is 4.98 Å². The number of ether oxygens (including phenoxy) is 1. The minimum Gasteiger partial charge on any atom is -0.496 e. The summed E-state index contributed by atoms with van der Waals surface area (Å²) in [4.78, 5) is 26.7. The monoisotopic (exact) mass is 189 g/mol. The standard InChI is InChI=1S/C10H7NO3/c1-14-8-4-5-11-10-7(13)3-2-6(12)9(8)10/h2-5H,1H3. The van der Waals surface area contributed by atoms with E-state index in [1.54, 1.807) is 6.07 Å². The highest BCUT2D eigenvalue weighted by Crippen LogP contribution is 2.24. The molecule has 0 aliphatic heterocycles. The van der Waals surface area contributed by atoms with E-state index in [0.717, 1.165) is 0 Å². The molecule has 14 heavy (non-hydrogen) atoms. The van der Waals surface area contributed by atoms with E-state index < -0.39 is 0 Å². The van der Waals surface area contributed by atoms with Crippen LogP contribution in [0.2, 0.25) is 0 Å². The third kappa shape index (κ3) is 1.12. The lowest BCUT2D eigenvalue weighted by Crippen LogP contribution is -2.14. The molecule has 1 aromatic rings. The third-order valence-electron chi connectivity index (χ3n) is 2.00. The van der Waals surface area contributed by atoms with Crippen LogP contribution in [-0.4, -0.2) is 23.7 Å². The molecule has 0 saturated carbocycles. The lowest BCUT2D eigenvalue weighted by Gasteiger charge is -2.11. The molecule has 1 heterocycles. The second-order valence-electron chi connectivity index (χ2n) is 2.80.